The number of ketones is 1. The summed E-state index contributed by atoms with van der Waals surface area (Å²) in [6.07, 6.45) is -4.05. The van der Waals surface area contributed by atoms with E-state index in [1.54, 1.807) is 6.92 Å². The monoisotopic (exact) mass is 571 g/mol. The summed E-state index contributed by atoms with van der Waals surface area (Å²) >= 11 is 5.89. The summed E-state index contributed by atoms with van der Waals surface area (Å²) in [4.78, 5) is 65.9. The van der Waals surface area contributed by atoms with Crippen molar-refractivity contribution in [3.8, 4) is 0 Å². The van der Waals surface area contributed by atoms with Gasteiger partial charge in [-0.1, -0.05) is 11.6 Å². The van der Waals surface area contributed by atoms with Crippen LogP contribution in [-0.4, -0.2) is 53.5 Å². The van der Waals surface area contributed by atoms with Gasteiger partial charge in [0, 0.05) is 35.8 Å². The van der Waals surface area contributed by atoms with Gasteiger partial charge in [-0.2, -0.15) is 13.2 Å². The highest BCUT2D eigenvalue weighted by molar-refractivity contribution is 6.38. The number of likely N-dealkylation sites (N-methyl/N-ethyl adjacent to an activating group) is 1. The van der Waals surface area contributed by atoms with Gasteiger partial charge in [-0.25, -0.2) is 4.39 Å². The molecular weight excluding hydrogens is 550 g/mol. The van der Waals surface area contributed by atoms with Gasteiger partial charge in [-0.05, 0) is 44.0 Å². The first kappa shape index (κ1) is 29.5. The normalized spacial score (nSPS) is 17.7. The highest BCUT2D eigenvalue weighted by Crippen LogP contribution is 2.29. The molecule has 15 heteroatoms. The van der Waals surface area contributed by atoms with Crippen molar-refractivity contribution in [3.05, 3.63) is 58.1 Å². The number of rotatable bonds is 8. The third-order valence-electron chi connectivity index (χ3n) is 5.84. The van der Waals surface area contributed by atoms with Crippen LogP contribution in [0.3, 0.4) is 0 Å². The van der Waals surface area contributed by atoms with Gasteiger partial charge in [-0.3, -0.25) is 29.0 Å². The molecule has 1 aliphatic rings. The van der Waals surface area contributed by atoms with Crippen molar-refractivity contribution in [3.63, 3.8) is 0 Å². The maximum Gasteiger partial charge on any atom is 0.433 e. The SMILES string of the molecule is CNC(=O)C(=O)C(C[C@@H]1C[C@@H](C)NC1=O)NC(=O)c1cc(Cl)cc(F)c1NC(=O)c1ccnc(C(F)(F)F)c1. The molecule has 1 aromatic carbocycles. The number of Topliss-reactive ketones (excluding diaryl/α,β-unsaturated/α-hetero) is 1. The number of carbonyl (C=O) groups excluding carboxylic acids is 5. The molecule has 0 bridgehead atoms. The zero-order chi connectivity index (χ0) is 29.1. The zero-order valence-electron chi connectivity index (χ0n) is 20.4. The third kappa shape index (κ3) is 7.07. The fraction of sp³-hybridized carbons (Fsp3) is 0.333. The van der Waals surface area contributed by atoms with Crippen LogP contribution in [0.1, 0.15) is 46.2 Å². The van der Waals surface area contributed by atoms with E-state index in [2.05, 4.69) is 20.9 Å². The van der Waals surface area contributed by atoms with E-state index in [1.807, 2.05) is 5.32 Å². The summed E-state index contributed by atoms with van der Waals surface area (Å²) in [6, 6.07) is 1.37. The molecule has 1 unspecified atom stereocenters. The molecule has 1 fully saturated rings. The molecule has 208 valence electrons. The van der Waals surface area contributed by atoms with Crippen LogP contribution in [0.15, 0.2) is 30.5 Å². The molecule has 2 aromatic rings. The second kappa shape index (κ2) is 11.8. The minimum absolute atomic E-state index is 0.205. The Morgan fingerprint density at radius 3 is 2.46 bits per heavy atom. The number of halogens is 5. The van der Waals surface area contributed by atoms with Gasteiger partial charge in [-0.15, -0.1) is 0 Å². The number of pyridine rings is 1. The molecule has 4 N–H and O–H groups in total. The number of nitrogens with zero attached hydrogens (tertiary/aromatic N) is 1. The molecule has 2 heterocycles. The van der Waals surface area contributed by atoms with Crippen LogP contribution in [0.4, 0.5) is 23.2 Å². The number of benzene rings is 1. The predicted octanol–water partition coefficient (Wildman–Crippen LogP) is 2.47. The summed E-state index contributed by atoms with van der Waals surface area (Å²) in [7, 11) is 1.19. The molecule has 1 aliphatic heterocycles. The lowest BCUT2D eigenvalue weighted by atomic mass is 9.93. The minimum atomic E-state index is -4.85. The molecule has 3 atom stereocenters. The number of aromatic nitrogens is 1. The maximum absolute atomic E-state index is 14.9. The van der Waals surface area contributed by atoms with E-state index in [9.17, 15) is 41.5 Å². The number of amides is 4. The summed E-state index contributed by atoms with van der Waals surface area (Å²) in [6.45, 7) is 1.73. The smallest absolute Gasteiger partial charge is 0.353 e. The quantitative estimate of drug-likeness (QED) is 0.283. The summed E-state index contributed by atoms with van der Waals surface area (Å²) in [5, 5.41) is 8.84. The fourth-order valence-corrected chi connectivity index (χ4v) is 4.19. The van der Waals surface area contributed by atoms with Crippen LogP contribution in [0.25, 0.3) is 0 Å². The number of carbonyl (C=O) groups is 5. The molecule has 3 rings (SSSR count). The molecule has 0 aliphatic carbocycles. The van der Waals surface area contributed by atoms with Crippen LogP contribution in [0.2, 0.25) is 5.02 Å². The van der Waals surface area contributed by atoms with E-state index >= 15 is 0 Å². The Bertz CT molecular complexity index is 1340. The molecule has 4 amide bonds. The Morgan fingerprint density at radius 1 is 1.18 bits per heavy atom. The van der Waals surface area contributed by atoms with Crippen molar-refractivity contribution < 1.29 is 41.5 Å². The second-order valence-electron chi connectivity index (χ2n) is 8.74. The van der Waals surface area contributed by atoms with Crippen molar-refractivity contribution in [2.45, 2.75) is 38.0 Å². The van der Waals surface area contributed by atoms with Crippen molar-refractivity contribution in [1.82, 2.24) is 20.9 Å². The standard InChI is InChI=1S/C24H22ClF4N5O5/c1-10-5-12(21(37)32-10)6-16(19(35)23(39)30-2)33-22(38)14-8-13(25)9-15(26)18(14)34-20(36)11-3-4-31-17(7-11)24(27,28)29/h3-4,7-10,12,16H,5-6H2,1-2H3,(H,30,39)(H,32,37)(H,33,38)(H,34,36)/t10-,12+,16?/m1/s1. The fourth-order valence-electron chi connectivity index (χ4n) is 3.98. The van der Waals surface area contributed by atoms with Crippen molar-refractivity contribution in [2.75, 3.05) is 12.4 Å². The first-order valence-electron chi connectivity index (χ1n) is 11.4. The van der Waals surface area contributed by atoms with Gasteiger partial charge in [0.25, 0.3) is 17.7 Å². The minimum Gasteiger partial charge on any atom is -0.353 e. The molecule has 1 saturated heterocycles. The number of nitrogens with one attached hydrogen (secondary N) is 4. The number of anilines is 1. The Hall–Kier alpha value is -4.07. The Morgan fingerprint density at radius 2 is 1.87 bits per heavy atom. The van der Waals surface area contributed by atoms with Crippen LogP contribution in [-0.2, 0) is 20.6 Å². The lowest BCUT2D eigenvalue weighted by molar-refractivity contribution is -0.141. The molecule has 0 saturated carbocycles. The van der Waals surface area contributed by atoms with Crippen molar-refractivity contribution in [1.29, 1.82) is 0 Å². The van der Waals surface area contributed by atoms with Gasteiger partial charge in [0.1, 0.15) is 11.5 Å². The van der Waals surface area contributed by atoms with E-state index in [-0.39, 0.29) is 23.4 Å². The lowest BCUT2D eigenvalue weighted by Gasteiger charge is -2.20. The van der Waals surface area contributed by atoms with Gasteiger partial charge < -0.3 is 21.3 Å². The van der Waals surface area contributed by atoms with E-state index in [1.165, 1.54) is 7.05 Å². The van der Waals surface area contributed by atoms with Gasteiger partial charge in [0.2, 0.25) is 11.7 Å². The summed E-state index contributed by atoms with van der Waals surface area (Å²) in [5.41, 5.74) is -3.24. The molecule has 0 radical (unpaired) electrons. The molecule has 1 aromatic heterocycles. The molecule has 39 heavy (non-hydrogen) atoms. The second-order valence-corrected chi connectivity index (χ2v) is 9.18. The average Bonchev–Trinajstić information content (AvgIpc) is 3.19. The summed E-state index contributed by atoms with van der Waals surface area (Å²) < 4.78 is 53.8. The van der Waals surface area contributed by atoms with Crippen LogP contribution in [0, 0.1) is 11.7 Å². The highest BCUT2D eigenvalue weighted by Gasteiger charge is 2.37. The predicted molar refractivity (Wildman–Crippen MR) is 129 cm³/mol. The first-order chi connectivity index (χ1) is 18.2. The molecule has 10 nitrogen and oxygen atoms in total. The lowest BCUT2D eigenvalue weighted by Crippen LogP contribution is -2.48. The molecule has 0 spiro atoms. The maximum atomic E-state index is 14.9. The van der Waals surface area contributed by atoms with Crippen molar-refractivity contribution >= 4 is 46.7 Å². The zero-order valence-corrected chi connectivity index (χ0v) is 21.2. The van der Waals surface area contributed by atoms with Gasteiger partial charge in [0.05, 0.1) is 17.3 Å². The Kier molecular flexibility index (Phi) is 8.89. The topological polar surface area (TPSA) is 146 Å². The van der Waals surface area contributed by atoms with Gasteiger partial charge in [0.15, 0.2) is 0 Å². The number of hydrogen-bond acceptors (Lipinski definition) is 6. The molecular formula is C24H22ClF4N5O5. The Balaban J connectivity index is 1.92. The first-order valence-corrected chi connectivity index (χ1v) is 11.8. The number of hydrogen-bond donors (Lipinski definition) is 4. The van der Waals surface area contributed by atoms with E-state index in [0.717, 1.165) is 24.4 Å². The van der Waals surface area contributed by atoms with Gasteiger partial charge >= 0.3 is 6.18 Å². The largest absolute Gasteiger partial charge is 0.433 e. The third-order valence-corrected chi connectivity index (χ3v) is 6.06. The highest BCUT2D eigenvalue weighted by atomic mass is 35.5. The van der Waals surface area contributed by atoms with Crippen LogP contribution in [0.5, 0.6) is 0 Å². The summed E-state index contributed by atoms with van der Waals surface area (Å²) in [5.74, 6) is -6.80. The van der Waals surface area contributed by atoms with E-state index in [0.29, 0.717) is 12.5 Å². The van der Waals surface area contributed by atoms with E-state index in [4.69, 9.17) is 11.6 Å². The van der Waals surface area contributed by atoms with Crippen molar-refractivity contribution in [2.24, 2.45) is 5.92 Å². The number of alkyl halides is 3. The van der Waals surface area contributed by atoms with Crippen LogP contribution < -0.4 is 21.3 Å². The van der Waals surface area contributed by atoms with E-state index < -0.39 is 70.0 Å². The average molecular weight is 572 g/mol. The Labute approximate surface area is 223 Å². The van der Waals surface area contributed by atoms with Crippen LogP contribution >= 0.6 is 11.6 Å².